The predicted octanol–water partition coefficient (Wildman–Crippen LogP) is 1.66. The van der Waals surface area contributed by atoms with Crippen molar-refractivity contribution in [1.29, 1.82) is 0 Å². The number of rotatable bonds is 4. The van der Waals surface area contributed by atoms with E-state index in [-0.39, 0.29) is 18.1 Å². The third-order valence-corrected chi connectivity index (χ3v) is 2.89. The molecule has 0 atom stereocenters. The average Bonchev–Trinajstić information content (AvgIpc) is 2.24. The molecule has 1 aromatic carbocycles. The minimum atomic E-state index is -0.203. The zero-order valence-corrected chi connectivity index (χ0v) is 10.4. The molecule has 5 heteroatoms. The van der Waals surface area contributed by atoms with Crippen molar-refractivity contribution < 1.29 is 9.53 Å². The largest absolute Gasteiger partial charge is 0.363 e. The third kappa shape index (κ3) is 3.43. The van der Waals surface area contributed by atoms with Crippen LogP contribution in [0.4, 0.5) is 5.69 Å². The molecule has 17 heavy (non-hydrogen) atoms. The Hall–Kier alpha value is -1.10. The van der Waals surface area contributed by atoms with Crippen molar-refractivity contribution in [3.05, 3.63) is 29.3 Å². The van der Waals surface area contributed by atoms with Crippen molar-refractivity contribution in [3.63, 3.8) is 0 Å². The molecule has 0 aromatic heterocycles. The van der Waals surface area contributed by atoms with Crippen LogP contribution in [-0.2, 0) is 9.53 Å². The smallest absolute Gasteiger partial charge is 0.250 e. The Labute approximate surface area is 105 Å². The number of benzene rings is 1. The molecule has 1 amide bonds. The Morgan fingerprint density at radius 1 is 1.59 bits per heavy atom. The van der Waals surface area contributed by atoms with Crippen LogP contribution in [0.2, 0.25) is 5.02 Å². The van der Waals surface area contributed by atoms with Gasteiger partial charge in [0.25, 0.3) is 0 Å². The Balaban J connectivity index is 1.81. The molecule has 1 aliphatic heterocycles. The molecule has 1 aromatic rings. The van der Waals surface area contributed by atoms with E-state index < -0.39 is 0 Å². The van der Waals surface area contributed by atoms with Crippen LogP contribution in [-0.4, -0.2) is 31.2 Å². The summed E-state index contributed by atoms with van der Waals surface area (Å²) in [7, 11) is 0. The fourth-order valence-corrected chi connectivity index (χ4v) is 1.77. The zero-order chi connectivity index (χ0) is 12.3. The topological polar surface area (TPSA) is 50.4 Å². The number of hydrogen-bond donors (Lipinski definition) is 2. The first-order valence-electron chi connectivity index (χ1n) is 5.48. The lowest BCUT2D eigenvalue weighted by atomic mass is 10.0. The van der Waals surface area contributed by atoms with Crippen molar-refractivity contribution in [2.45, 2.75) is 12.5 Å². The minimum Gasteiger partial charge on any atom is -0.363 e. The molecular formula is C12H15ClN2O2. The van der Waals surface area contributed by atoms with Crippen LogP contribution in [0.5, 0.6) is 0 Å². The van der Waals surface area contributed by atoms with E-state index in [9.17, 15) is 4.79 Å². The van der Waals surface area contributed by atoms with Gasteiger partial charge in [-0.3, -0.25) is 4.79 Å². The Bertz CT molecular complexity index is 419. The van der Waals surface area contributed by atoms with E-state index in [1.54, 1.807) is 24.3 Å². The maximum absolute atomic E-state index is 11.6. The fourth-order valence-electron chi connectivity index (χ4n) is 1.58. The SMILES string of the molecule is CC1(OCC(=O)Nc2cccc(Cl)c2)CNC1. The number of halogens is 1. The van der Waals surface area contributed by atoms with Crippen LogP contribution in [0.25, 0.3) is 0 Å². The van der Waals surface area contributed by atoms with Gasteiger partial charge in [0.2, 0.25) is 5.91 Å². The second kappa shape index (κ2) is 5.04. The molecule has 0 radical (unpaired) electrons. The maximum Gasteiger partial charge on any atom is 0.250 e. The van der Waals surface area contributed by atoms with Gasteiger partial charge >= 0.3 is 0 Å². The number of carbonyl (C=O) groups excluding carboxylic acids is 1. The van der Waals surface area contributed by atoms with Gasteiger partial charge in [0.05, 0.1) is 5.60 Å². The van der Waals surface area contributed by atoms with Gasteiger partial charge in [-0.2, -0.15) is 0 Å². The lowest BCUT2D eigenvalue weighted by Gasteiger charge is -2.38. The van der Waals surface area contributed by atoms with Crippen LogP contribution in [0.15, 0.2) is 24.3 Å². The summed E-state index contributed by atoms with van der Waals surface area (Å²) in [5.41, 5.74) is 0.481. The van der Waals surface area contributed by atoms with E-state index in [0.29, 0.717) is 10.7 Å². The molecule has 0 aliphatic carbocycles. The van der Waals surface area contributed by atoms with Gasteiger partial charge in [-0.1, -0.05) is 17.7 Å². The van der Waals surface area contributed by atoms with Crippen LogP contribution in [0.3, 0.4) is 0 Å². The number of hydrogen-bond acceptors (Lipinski definition) is 3. The number of ether oxygens (including phenoxy) is 1. The van der Waals surface area contributed by atoms with Crippen molar-refractivity contribution in [3.8, 4) is 0 Å². The number of anilines is 1. The monoisotopic (exact) mass is 254 g/mol. The molecule has 2 rings (SSSR count). The van der Waals surface area contributed by atoms with Crippen molar-refractivity contribution in [2.75, 3.05) is 25.0 Å². The van der Waals surface area contributed by atoms with E-state index in [1.165, 1.54) is 0 Å². The first-order valence-corrected chi connectivity index (χ1v) is 5.85. The molecule has 0 bridgehead atoms. The lowest BCUT2D eigenvalue weighted by molar-refractivity contribution is -0.130. The van der Waals surface area contributed by atoms with Crippen LogP contribution >= 0.6 is 11.6 Å². The van der Waals surface area contributed by atoms with Gasteiger partial charge in [0.15, 0.2) is 0 Å². The van der Waals surface area contributed by atoms with Crippen LogP contribution in [0, 0.1) is 0 Å². The molecule has 0 saturated carbocycles. The molecule has 0 unspecified atom stereocenters. The van der Waals surface area contributed by atoms with Gasteiger partial charge < -0.3 is 15.4 Å². The molecule has 92 valence electrons. The Morgan fingerprint density at radius 2 is 2.35 bits per heavy atom. The Kier molecular flexibility index (Phi) is 3.66. The number of nitrogens with one attached hydrogen (secondary N) is 2. The molecule has 1 fully saturated rings. The minimum absolute atomic E-state index is 0.0602. The summed E-state index contributed by atoms with van der Waals surface area (Å²) in [6.45, 7) is 3.62. The zero-order valence-electron chi connectivity index (χ0n) is 9.63. The summed E-state index contributed by atoms with van der Waals surface area (Å²) < 4.78 is 5.52. The second-order valence-corrected chi connectivity index (χ2v) is 4.84. The first kappa shape index (κ1) is 12.4. The molecular weight excluding hydrogens is 240 g/mol. The molecule has 1 saturated heterocycles. The molecule has 2 N–H and O–H groups in total. The molecule has 1 heterocycles. The standard InChI is InChI=1S/C12H15ClN2O2/c1-12(7-14-8-12)17-6-11(16)15-10-4-2-3-9(13)5-10/h2-5,14H,6-8H2,1H3,(H,15,16). The molecule has 4 nitrogen and oxygen atoms in total. The Morgan fingerprint density at radius 3 is 2.94 bits per heavy atom. The summed E-state index contributed by atoms with van der Waals surface area (Å²) in [5, 5.41) is 6.44. The van der Waals surface area contributed by atoms with E-state index in [4.69, 9.17) is 16.3 Å². The van der Waals surface area contributed by atoms with Gasteiger partial charge in [0.1, 0.15) is 6.61 Å². The van der Waals surface area contributed by atoms with Gasteiger partial charge in [0, 0.05) is 23.8 Å². The highest BCUT2D eigenvalue weighted by atomic mass is 35.5. The third-order valence-electron chi connectivity index (χ3n) is 2.66. The lowest BCUT2D eigenvalue weighted by Crippen LogP contribution is -2.59. The van der Waals surface area contributed by atoms with E-state index >= 15 is 0 Å². The molecule has 0 spiro atoms. The summed E-state index contributed by atoms with van der Waals surface area (Å²) >= 11 is 5.82. The summed E-state index contributed by atoms with van der Waals surface area (Å²) in [5.74, 6) is -0.166. The highest BCUT2D eigenvalue weighted by Crippen LogP contribution is 2.16. The summed E-state index contributed by atoms with van der Waals surface area (Å²) in [6.07, 6.45) is 0. The van der Waals surface area contributed by atoms with Gasteiger partial charge in [-0.05, 0) is 25.1 Å². The fraction of sp³-hybridized carbons (Fsp3) is 0.417. The van der Waals surface area contributed by atoms with Crippen molar-refractivity contribution in [2.24, 2.45) is 0 Å². The average molecular weight is 255 g/mol. The quantitative estimate of drug-likeness (QED) is 0.859. The maximum atomic E-state index is 11.6. The van der Waals surface area contributed by atoms with Crippen LogP contribution < -0.4 is 10.6 Å². The number of carbonyl (C=O) groups is 1. The normalized spacial score (nSPS) is 17.3. The van der Waals surface area contributed by atoms with Crippen molar-refractivity contribution in [1.82, 2.24) is 5.32 Å². The first-order chi connectivity index (χ1) is 8.07. The highest BCUT2D eigenvalue weighted by Gasteiger charge is 2.32. The van der Waals surface area contributed by atoms with Crippen molar-refractivity contribution >= 4 is 23.2 Å². The summed E-state index contributed by atoms with van der Waals surface area (Å²) in [4.78, 5) is 11.6. The summed E-state index contributed by atoms with van der Waals surface area (Å²) in [6, 6.07) is 7.03. The highest BCUT2D eigenvalue weighted by molar-refractivity contribution is 6.30. The van der Waals surface area contributed by atoms with Gasteiger partial charge in [-0.15, -0.1) is 0 Å². The second-order valence-electron chi connectivity index (χ2n) is 4.40. The van der Waals surface area contributed by atoms with Crippen LogP contribution in [0.1, 0.15) is 6.92 Å². The van der Waals surface area contributed by atoms with E-state index in [1.807, 2.05) is 6.92 Å². The predicted molar refractivity (Wildman–Crippen MR) is 67.3 cm³/mol. The molecule has 1 aliphatic rings. The van der Waals surface area contributed by atoms with E-state index in [0.717, 1.165) is 13.1 Å². The van der Waals surface area contributed by atoms with E-state index in [2.05, 4.69) is 10.6 Å². The number of amides is 1. The van der Waals surface area contributed by atoms with Gasteiger partial charge in [-0.25, -0.2) is 0 Å².